The summed E-state index contributed by atoms with van der Waals surface area (Å²) >= 11 is 5.91. The summed E-state index contributed by atoms with van der Waals surface area (Å²) in [6.45, 7) is 3.05. The minimum atomic E-state index is 0.464. The molecule has 0 atom stereocenters. The molecule has 0 heterocycles. The lowest BCUT2D eigenvalue weighted by atomic mass is 10.2. The Bertz CT molecular complexity index is 263. The molecule has 0 radical (unpaired) electrons. The van der Waals surface area contributed by atoms with Gasteiger partial charge in [-0.25, -0.2) is 0 Å². The third kappa shape index (κ3) is 2.13. The number of ether oxygens (including phenoxy) is 1. The number of hydrogen-bond acceptors (Lipinski definition) is 2. The summed E-state index contributed by atoms with van der Waals surface area (Å²) in [6.07, 6.45) is 0. The van der Waals surface area contributed by atoms with Gasteiger partial charge in [-0.3, -0.25) is 0 Å². The van der Waals surface area contributed by atoms with E-state index in [4.69, 9.17) is 22.1 Å². The molecule has 0 saturated heterocycles. The Hall–Kier alpha value is -0.730. The lowest BCUT2D eigenvalue weighted by Gasteiger charge is -2.05. The second-order valence-electron chi connectivity index (χ2n) is 2.39. The first-order valence-corrected chi connectivity index (χ1v) is 4.27. The van der Waals surface area contributed by atoms with Gasteiger partial charge in [0.2, 0.25) is 0 Å². The third-order valence-corrected chi connectivity index (χ3v) is 1.91. The molecule has 2 nitrogen and oxygen atoms in total. The van der Waals surface area contributed by atoms with Crippen LogP contribution in [-0.2, 0) is 6.54 Å². The van der Waals surface area contributed by atoms with Gasteiger partial charge in [0.1, 0.15) is 5.75 Å². The molecule has 1 aromatic rings. The Morgan fingerprint density at radius 2 is 2.25 bits per heavy atom. The van der Waals surface area contributed by atoms with Gasteiger partial charge in [0.25, 0.3) is 0 Å². The van der Waals surface area contributed by atoms with Crippen LogP contribution in [0.25, 0.3) is 0 Å². The fourth-order valence-corrected chi connectivity index (χ4v) is 1.20. The SMILES string of the molecule is CCOc1ccc(CN)c(Cl)c1. The van der Waals surface area contributed by atoms with Crippen molar-refractivity contribution in [3.05, 3.63) is 28.8 Å². The molecule has 0 aromatic heterocycles. The van der Waals surface area contributed by atoms with Gasteiger partial charge < -0.3 is 10.5 Å². The maximum absolute atomic E-state index is 5.91. The van der Waals surface area contributed by atoms with Gasteiger partial charge in [0.15, 0.2) is 0 Å². The van der Waals surface area contributed by atoms with Crippen LogP contribution < -0.4 is 10.5 Å². The van der Waals surface area contributed by atoms with Crippen molar-refractivity contribution in [3.8, 4) is 5.75 Å². The zero-order valence-electron chi connectivity index (χ0n) is 7.01. The second kappa shape index (κ2) is 4.33. The number of benzene rings is 1. The van der Waals surface area contributed by atoms with E-state index in [1.54, 1.807) is 6.07 Å². The summed E-state index contributed by atoms with van der Waals surface area (Å²) in [6, 6.07) is 5.54. The number of halogens is 1. The highest BCUT2D eigenvalue weighted by atomic mass is 35.5. The molecular formula is C9H12ClNO. The Labute approximate surface area is 77.3 Å². The van der Waals surface area contributed by atoms with Gasteiger partial charge in [-0.2, -0.15) is 0 Å². The molecule has 2 N–H and O–H groups in total. The van der Waals surface area contributed by atoms with E-state index in [0.717, 1.165) is 11.3 Å². The van der Waals surface area contributed by atoms with Gasteiger partial charge in [0, 0.05) is 11.6 Å². The molecule has 0 aliphatic rings. The van der Waals surface area contributed by atoms with Crippen LogP contribution in [0.15, 0.2) is 18.2 Å². The standard InChI is InChI=1S/C9H12ClNO/c1-2-12-8-4-3-7(6-11)9(10)5-8/h3-5H,2,6,11H2,1H3. The first kappa shape index (κ1) is 9.36. The molecule has 0 aliphatic heterocycles. The Morgan fingerprint density at radius 1 is 1.50 bits per heavy atom. The maximum Gasteiger partial charge on any atom is 0.120 e. The van der Waals surface area contributed by atoms with E-state index in [1.807, 2.05) is 19.1 Å². The number of hydrogen-bond donors (Lipinski definition) is 1. The van der Waals surface area contributed by atoms with Crippen LogP contribution in [-0.4, -0.2) is 6.61 Å². The molecule has 0 saturated carbocycles. The van der Waals surface area contributed by atoms with Crippen LogP contribution in [0.2, 0.25) is 5.02 Å². The fraction of sp³-hybridized carbons (Fsp3) is 0.333. The van der Waals surface area contributed by atoms with E-state index in [2.05, 4.69) is 0 Å². The van der Waals surface area contributed by atoms with Crippen molar-refractivity contribution in [2.75, 3.05) is 6.61 Å². The normalized spacial score (nSPS) is 9.92. The zero-order valence-corrected chi connectivity index (χ0v) is 7.77. The first-order valence-electron chi connectivity index (χ1n) is 3.89. The molecule has 0 amide bonds. The number of nitrogens with two attached hydrogens (primary N) is 1. The van der Waals surface area contributed by atoms with Gasteiger partial charge in [-0.15, -0.1) is 0 Å². The summed E-state index contributed by atoms with van der Waals surface area (Å²) in [4.78, 5) is 0. The Balaban J connectivity index is 2.86. The van der Waals surface area contributed by atoms with Crippen molar-refractivity contribution in [2.24, 2.45) is 5.73 Å². The zero-order chi connectivity index (χ0) is 8.97. The van der Waals surface area contributed by atoms with Crippen molar-refractivity contribution in [3.63, 3.8) is 0 Å². The van der Waals surface area contributed by atoms with E-state index >= 15 is 0 Å². The van der Waals surface area contributed by atoms with Crippen LogP contribution in [0.5, 0.6) is 5.75 Å². The van der Waals surface area contributed by atoms with Crippen LogP contribution in [0.4, 0.5) is 0 Å². The lowest BCUT2D eigenvalue weighted by Crippen LogP contribution is -1.98. The van der Waals surface area contributed by atoms with Crippen molar-refractivity contribution in [1.82, 2.24) is 0 Å². The fourth-order valence-electron chi connectivity index (χ4n) is 0.950. The molecule has 1 rings (SSSR count). The molecule has 0 fully saturated rings. The minimum absolute atomic E-state index is 0.464. The van der Waals surface area contributed by atoms with Gasteiger partial charge in [0.05, 0.1) is 6.61 Å². The molecule has 0 bridgehead atoms. The van der Waals surface area contributed by atoms with Crippen molar-refractivity contribution < 1.29 is 4.74 Å². The minimum Gasteiger partial charge on any atom is -0.494 e. The van der Waals surface area contributed by atoms with E-state index < -0.39 is 0 Å². The molecule has 0 spiro atoms. The Kier molecular flexibility index (Phi) is 3.38. The molecule has 0 aliphatic carbocycles. The molecule has 3 heteroatoms. The lowest BCUT2D eigenvalue weighted by molar-refractivity contribution is 0.340. The number of rotatable bonds is 3. The van der Waals surface area contributed by atoms with Crippen molar-refractivity contribution in [2.45, 2.75) is 13.5 Å². The van der Waals surface area contributed by atoms with E-state index in [0.29, 0.717) is 18.2 Å². The average Bonchev–Trinajstić information content (AvgIpc) is 2.05. The molecule has 66 valence electrons. The highest BCUT2D eigenvalue weighted by Crippen LogP contribution is 2.21. The molecule has 12 heavy (non-hydrogen) atoms. The summed E-state index contributed by atoms with van der Waals surface area (Å²) in [5.41, 5.74) is 6.39. The first-order chi connectivity index (χ1) is 5.77. The van der Waals surface area contributed by atoms with Crippen molar-refractivity contribution >= 4 is 11.6 Å². The van der Waals surface area contributed by atoms with E-state index in [-0.39, 0.29) is 0 Å². The predicted molar refractivity (Wildman–Crippen MR) is 50.5 cm³/mol. The summed E-state index contributed by atoms with van der Waals surface area (Å²) in [5, 5.41) is 0.670. The van der Waals surface area contributed by atoms with Crippen LogP contribution in [0.3, 0.4) is 0 Å². The topological polar surface area (TPSA) is 35.2 Å². The largest absolute Gasteiger partial charge is 0.494 e. The Morgan fingerprint density at radius 3 is 2.75 bits per heavy atom. The summed E-state index contributed by atoms with van der Waals surface area (Å²) in [5.74, 6) is 0.791. The molecule has 0 unspecified atom stereocenters. The highest BCUT2D eigenvalue weighted by molar-refractivity contribution is 6.31. The predicted octanol–water partition coefficient (Wildman–Crippen LogP) is 2.20. The van der Waals surface area contributed by atoms with Gasteiger partial charge in [-0.1, -0.05) is 17.7 Å². The van der Waals surface area contributed by atoms with Gasteiger partial charge >= 0.3 is 0 Å². The second-order valence-corrected chi connectivity index (χ2v) is 2.80. The van der Waals surface area contributed by atoms with Crippen LogP contribution in [0.1, 0.15) is 12.5 Å². The molecular weight excluding hydrogens is 174 g/mol. The highest BCUT2D eigenvalue weighted by Gasteiger charge is 1.99. The van der Waals surface area contributed by atoms with Gasteiger partial charge in [-0.05, 0) is 24.6 Å². The summed E-state index contributed by atoms with van der Waals surface area (Å²) in [7, 11) is 0. The third-order valence-electron chi connectivity index (χ3n) is 1.56. The summed E-state index contributed by atoms with van der Waals surface area (Å²) < 4.78 is 5.26. The molecule has 1 aromatic carbocycles. The van der Waals surface area contributed by atoms with Crippen LogP contribution >= 0.6 is 11.6 Å². The van der Waals surface area contributed by atoms with Crippen molar-refractivity contribution in [1.29, 1.82) is 0 Å². The monoisotopic (exact) mass is 185 g/mol. The maximum atomic E-state index is 5.91. The average molecular weight is 186 g/mol. The van der Waals surface area contributed by atoms with E-state index in [9.17, 15) is 0 Å². The smallest absolute Gasteiger partial charge is 0.120 e. The van der Waals surface area contributed by atoms with E-state index in [1.165, 1.54) is 0 Å². The quantitative estimate of drug-likeness (QED) is 0.784. The van der Waals surface area contributed by atoms with Crippen LogP contribution in [0, 0.1) is 0 Å².